The zero-order valence-corrected chi connectivity index (χ0v) is 12.9. The van der Waals surface area contributed by atoms with Gasteiger partial charge in [0.05, 0.1) is 6.04 Å². The summed E-state index contributed by atoms with van der Waals surface area (Å²) < 4.78 is 2.11. The first kappa shape index (κ1) is 14.6. The summed E-state index contributed by atoms with van der Waals surface area (Å²) in [6.45, 7) is 8.06. The molecule has 1 aliphatic carbocycles. The first-order valence-corrected chi connectivity index (χ1v) is 7.73. The Kier molecular flexibility index (Phi) is 4.67. The van der Waals surface area contributed by atoms with Crippen LogP contribution in [0.4, 0.5) is 0 Å². The molecule has 1 aliphatic rings. The Morgan fingerprint density at radius 2 is 2.00 bits per heavy atom. The highest BCUT2D eigenvalue weighted by atomic mass is 15.1. The Balaban J connectivity index is 1.94. The summed E-state index contributed by atoms with van der Waals surface area (Å²) in [7, 11) is 2.07. The number of hydrogen-bond acceptors (Lipinski definition) is 2. The van der Waals surface area contributed by atoms with Crippen molar-refractivity contribution in [1.29, 1.82) is 0 Å². The molecule has 108 valence electrons. The lowest BCUT2D eigenvalue weighted by molar-refractivity contribution is 0.215. The molecule has 0 saturated heterocycles. The van der Waals surface area contributed by atoms with Crippen LogP contribution in [-0.2, 0) is 7.05 Å². The van der Waals surface area contributed by atoms with Crippen LogP contribution in [0.15, 0.2) is 12.4 Å². The van der Waals surface area contributed by atoms with Crippen LogP contribution in [0.5, 0.6) is 0 Å². The second kappa shape index (κ2) is 6.08. The minimum absolute atomic E-state index is 0.338. The van der Waals surface area contributed by atoms with Crippen molar-refractivity contribution >= 4 is 0 Å². The Labute approximate surface area is 117 Å². The first-order valence-electron chi connectivity index (χ1n) is 7.73. The smallest absolute Gasteiger partial charge is 0.125 e. The summed E-state index contributed by atoms with van der Waals surface area (Å²) in [5.41, 5.74) is 0.535. The molecule has 1 aromatic heterocycles. The third-order valence-electron chi connectivity index (χ3n) is 4.53. The van der Waals surface area contributed by atoms with Crippen molar-refractivity contribution in [2.24, 2.45) is 18.4 Å². The molecule has 1 aromatic rings. The van der Waals surface area contributed by atoms with Gasteiger partial charge in [-0.05, 0) is 37.5 Å². The van der Waals surface area contributed by atoms with Gasteiger partial charge in [0.2, 0.25) is 0 Å². The molecule has 1 atom stereocenters. The van der Waals surface area contributed by atoms with Crippen molar-refractivity contribution in [2.45, 2.75) is 58.9 Å². The number of nitrogens with zero attached hydrogens (tertiary/aromatic N) is 2. The van der Waals surface area contributed by atoms with Crippen LogP contribution < -0.4 is 5.32 Å². The maximum atomic E-state index is 4.45. The summed E-state index contributed by atoms with van der Waals surface area (Å²) in [6, 6.07) is 0.338. The molecule has 3 heteroatoms. The van der Waals surface area contributed by atoms with E-state index < -0.39 is 0 Å². The quantitative estimate of drug-likeness (QED) is 0.848. The molecule has 0 bridgehead atoms. The summed E-state index contributed by atoms with van der Waals surface area (Å²) in [5.74, 6) is 1.93. The average Bonchev–Trinajstić information content (AvgIpc) is 2.95. The van der Waals surface area contributed by atoms with Crippen molar-refractivity contribution in [3.8, 4) is 0 Å². The van der Waals surface area contributed by atoms with Gasteiger partial charge in [-0.25, -0.2) is 4.98 Å². The van der Waals surface area contributed by atoms with Crippen LogP contribution >= 0.6 is 0 Å². The van der Waals surface area contributed by atoms with Crippen LogP contribution in [0.2, 0.25) is 0 Å². The van der Waals surface area contributed by atoms with Crippen LogP contribution in [-0.4, -0.2) is 16.1 Å². The molecular weight excluding hydrogens is 234 g/mol. The number of hydrogen-bond donors (Lipinski definition) is 1. The van der Waals surface area contributed by atoms with Gasteiger partial charge in [0.1, 0.15) is 5.82 Å². The Morgan fingerprint density at radius 1 is 1.32 bits per heavy atom. The Bertz CT molecular complexity index is 388. The summed E-state index contributed by atoms with van der Waals surface area (Å²) in [5, 5.41) is 3.73. The van der Waals surface area contributed by atoms with Crippen LogP contribution in [0.1, 0.15) is 64.7 Å². The van der Waals surface area contributed by atoms with Gasteiger partial charge >= 0.3 is 0 Å². The van der Waals surface area contributed by atoms with E-state index in [1.807, 2.05) is 12.4 Å². The highest BCUT2D eigenvalue weighted by Gasteiger charge is 2.34. The summed E-state index contributed by atoms with van der Waals surface area (Å²) in [6.07, 6.45) is 10.9. The van der Waals surface area contributed by atoms with E-state index in [0.29, 0.717) is 11.5 Å². The molecule has 1 heterocycles. The third-order valence-corrected chi connectivity index (χ3v) is 4.53. The van der Waals surface area contributed by atoms with Crippen molar-refractivity contribution in [3.63, 3.8) is 0 Å². The molecule has 1 saturated carbocycles. The van der Waals surface area contributed by atoms with E-state index in [2.05, 4.69) is 42.7 Å². The molecule has 1 N–H and O–H groups in total. The van der Waals surface area contributed by atoms with E-state index in [4.69, 9.17) is 0 Å². The molecule has 3 nitrogen and oxygen atoms in total. The van der Waals surface area contributed by atoms with E-state index >= 15 is 0 Å². The fourth-order valence-corrected chi connectivity index (χ4v) is 3.70. The van der Waals surface area contributed by atoms with Crippen molar-refractivity contribution in [3.05, 3.63) is 18.2 Å². The molecule has 1 unspecified atom stereocenters. The van der Waals surface area contributed by atoms with Crippen molar-refractivity contribution in [1.82, 2.24) is 14.9 Å². The number of rotatable bonds is 6. The molecule has 19 heavy (non-hydrogen) atoms. The molecule has 2 rings (SSSR count). The van der Waals surface area contributed by atoms with Gasteiger partial charge in [-0.3, -0.25) is 0 Å². The second-order valence-electron chi connectivity index (χ2n) is 6.80. The lowest BCUT2D eigenvalue weighted by atomic mass is 9.78. The number of aryl methyl sites for hydroxylation is 1. The second-order valence-corrected chi connectivity index (χ2v) is 6.80. The number of nitrogens with one attached hydrogen (secondary N) is 1. The van der Waals surface area contributed by atoms with Crippen molar-refractivity contribution in [2.75, 3.05) is 6.54 Å². The lowest BCUT2D eigenvalue weighted by Gasteiger charge is -2.32. The molecule has 1 fully saturated rings. The maximum Gasteiger partial charge on any atom is 0.125 e. The van der Waals surface area contributed by atoms with Crippen LogP contribution in [0.3, 0.4) is 0 Å². The van der Waals surface area contributed by atoms with Gasteiger partial charge in [-0.1, -0.05) is 26.7 Å². The molecule has 0 radical (unpaired) electrons. The van der Waals surface area contributed by atoms with E-state index in [9.17, 15) is 0 Å². The zero-order chi connectivity index (χ0) is 13.9. The maximum absolute atomic E-state index is 4.45. The lowest BCUT2D eigenvalue weighted by Crippen LogP contribution is -2.35. The van der Waals surface area contributed by atoms with Crippen molar-refractivity contribution < 1.29 is 0 Å². The fourth-order valence-electron chi connectivity index (χ4n) is 3.70. The van der Waals surface area contributed by atoms with E-state index in [0.717, 1.165) is 18.3 Å². The molecule has 0 amide bonds. The van der Waals surface area contributed by atoms with E-state index in [1.54, 1.807) is 0 Å². The minimum Gasteiger partial charge on any atom is -0.337 e. The Morgan fingerprint density at radius 3 is 2.53 bits per heavy atom. The van der Waals surface area contributed by atoms with Gasteiger partial charge in [0, 0.05) is 26.0 Å². The molecule has 0 spiro atoms. The number of imidazole rings is 1. The third kappa shape index (κ3) is 3.59. The largest absolute Gasteiger partial charge is 0.337 e. The zero-order valence-electron chi connectivity index (χ0n) is 12.9. The highest BCUT2D eigenvalue weighted by molar-refractivity contribution is 4.98. The van der Waals surface area contributed by atoms with Gasteiger partial charge in [0.15, 0.2) is 0 Å². The standard InChI is InChI=1S/C16H29N3/c1-13(2)11-16(7-5-6-8-16)12-18-14(3)15-17-9-10-19(15)4/h9-10,13-14,18H,5-8,11-12H2,1-4H3. The normalized spacial score (nSPS) is 20.1. The summed E-state index contributed by atoms with van der Waals surface area (Å²) >= 11 is 0. The van der Waals surface area contributed by atoms with Gasteiger partial charge in [0.25, 0.3) is 0 Å². The molecule has 0 aromatic carbocycles. The predicted molar refractivity (Wildman–Crippen MR) is 80.0 cm³/mol. The monoisotopic (exact) mass is 263 g/mol. The first-order chi connectivity index (χ1) is 9.02. The average molecular weight is 263 g/mol. The van der Waals surface area contributed by atoms with E-state index in [-0.39, 0.29) is 0 Å². The number of aromatic nitrogens is 2. The SMILES string of the molecule is CC(C)CC1(CNC(C)c2nccn2C)CCCC1. The van der Waals surface area contributed by atoms with Crippen LogP contribution in [0.25, 0.3) is 0 Å². The highest BCUT2D eigenvalue weighted by Crippen LogP contribution is 2.42. The van der Waals surface area contributed by atoms with Gasteiger partial charge < -0.3 is 9.88 Å². The predicted octanol–water partition coefficient (Wildman–Crippen LogP) is 3.68. The molecular formula is C16H29N3. The van der Waals surface area contributed by atoms with Crippen LogP contribution in [0, 0.1) is 11.3 Å². The van der Waals surface area contributed by atoms with E-state index in [1.165, 1.54) is 32.1 Å². The summed E-state index contributed by atoms with van der Waals surface area (Å²) in [4.78, 5) is 4.45. The minimum atomic E-state index is 0.338. The topological polar surface area (TPSA) is 29.9 Å². The fraction of sp³-hybridized carbons (Fsp3) is 0.812. The molecule has 0 aliphatic heterocycles. The Hall–Kier alpha value is -0.830. The van der Waals surface area contributed by atoms with Gasteiger partial charge in [-0.2, -0.15) is 0 Å². The van der Waals surface area contributed by atoms with Gasteiger partial charge in [-0.15, -0.1) is 0 Å².